The average Bonchev–Trinajstić information content (AvgIpc) is 3.51. The Morgan fingerprint density at radius 3 is 2.03 bits per heavy atom. The van der Waals surface area contributed by atoms with Gasteiger partial charge in [0.15, 0.2) is 5.60 Å². The van der Waals surface area contributed by atoms with E-state index in [0.29, 0.717) is 18.7 Å². The summed E-state index contributed by atoms with van der Waals surface area (Å²) in [5, 5.41) is 49.1. The van der Waals surface area contributed by atoms with Gasteiger partial charge in [-0.15, -0.1) is 0 Å². The van der Waals surface area contributed by atoms with Crippen LogP contribution >= 0.6 is 22.7 Å². The number of carboxylic acids is 2. The first-order valence-electron chi connectivity index (χ1n) is 9.70. The first kappa shape index (κ1) is 25.4. The highest BCUT2D eigenvalue weighted by Gasteiger charge is 2.36. The maximum atomic E-state index is 11.3. The molecular formula is C23H25NO6S2. The Hall–Kier alpha value is -2.82. The molecule has 0 spiro atoms. The van der Waals surface area contributed by atoms with E-state index in [0.717, 1.165) is 16.7 Å². The molecule has 5 N–H and O–H groups in total. The molecule has 0 radical (unpaired) electrons. The van der Waals surface area contributed by atoms with E-state index in [-0.39, 0.29) is 6.04 Å². The van der Waals surface area contributed by atoms with Crippen molar-refractivity contribution in [3.05, 3.63) is 92.8 Å². The van der Waals surface area contributed by atoms with Gasteiger partial charge in [0.25, 0.3) is 0 Å². The summed E-state index contributed by atoms with van der Waals surface area (Å²) in [7, 11) is 0. The van der Waals surface area contributed by atoms with Gasteiger partial charge in [-0.05, 0) is 52.2 Å². The van der Waals surface area contributed by atoms with Crippen LogP contribution in [0.5, 0.6) is 0 Å². The number of quaternary nitrogens is 1. The van der Waals surface area contributed by atoms with Crippen molar-refractivity contribution in [2.24, 2.45) is 0 Å². The lowest BCUT2D eigenvalue weighted by Gasteiger charge is -2.28. The number of carbonyl (C=O) groups excluding carboxylic acids is 1. The van der Waals surface area contributed by atoms with Crippen LogP contribution in [0.3, 0.4) is 0 Å². The Labute approximate surface area is 193 Å². The molecule has 1 aromatic carbocycles. The Balaban J connectivity index is 0.000000390. The quantitative estimate of drug-likeness (QED) is 0.343. The third-order valence-corrected chi connectivity index (χ3v) is 6.15. The van der Waals surface area contributed by atoms with Gasteiger partial charge in [-0.3, -0.25) is 0 Å². The summed E-state index contributed by atoms with van der Waals surface area (Å²) in [6.07, 6.45) is 0.373. The molecule has 0 fully saturated rings. The number of benzene rings is 1. The molecule has 3 rings (SSSR count). The molecule has 0 bridgehead atoms. The van der Waals surface area contributed by atoms with Gasteiger partial charge in [-0.1, -0.05) is 30.3 Å². The smallest absolute Gasteiger partial charge is 0.328 e. The number of carboxylic acid groups (broad SMARTS) is 2. The Morgan fingerprint density at radius 1 is 1.06 bits per heavy atom. The van der Waals surface area contributed by atoms with Gasteiger partial charge < -0.3 is 30.5 Å². The monoisotopic (exact) mass is 475 g/mol. The molecule has 0 aliphatic heterocycles. The highest BCUT2D eigenvalue weighted by molar-refractivity contribution is 7.08. The normalized spacial score (nSPS) is 13.2. The summed E-state index contributed by atoms with van der Waals surface area (Å²) >= 11 is 3.16. The number of hydrogen-bond acceptors (Lipinski definition) is 7. The van der Waals surface area contributed by atoms with E-state index in [9.17, 15) is 24.9 Å². The van der Waals surface area contributed by atoms with Crippen molar-refractivity contribution in [2.75, 3.05) is 6.54 Å². The van der Waals surface area contributed by atoms with Crippen LogP contribution in [0.1, 0.15) is 29.7 Å². The van der Waals surface area contributed by atoms with E-state index in [1.54, 1.807) is 22.7 Å². The van der Waals surface area contributed by atoms with Gasteiger partial charge in [-0.2, -0.15) is 22.7 Å². The Morgan fingerprint density at radius 2 is 1.62 bits per heavy atom. The zero-order chi connectivity index (χ0) is 23.6. The standard InChI is InChI=1S/C19H21NO2S2.C4H4O4/c1-14(18(21)15-5-3-2-4-6-15)20-13-19(22,16-7-9-23-11-16)17-8-10-24-12-17;5-3(6)1-2-4(7)8/h2-12,14,18,20-22H,13H2,1H3;1-2H,(H,5,6)(H,7,8)/b;2-1+. The highest BCUT2D eigenvalue weighted by atomic mass is 32.1. The van der Waals surface area contributed by atoms with E-state index in [1.165, 1.54) is 0 Å². The summed E-state index contributed by atoms with van der Waals surface area (Å²) in [4.78, 5) is 19.0. The summed E-state index contributed by atoms with van der Waals surface area (Å²) in [6, 6.07) is 13.5. The second-order valence-electron chi connectivity index (χ2n) is 7.03. The molecule has 9 heteroatoms. The van der Waals surface area contributed by atoms with E-state index in [2.05, 4.69) is 0 Å². The number of hydrogen-bond donors (Lipinski definition) is 4. The minimum atomic E-state index is -1.51. The van der Waals surface area contributed by atoms with Gasteiger partial charge in [0, 0.05) is 17.2 Å². The number of aliphatic carboxylic acids is 2. The molecule has 0 aliphatic rings. The van der Waals surface area contributed by atoms with Crippen molar-refractivity contribution < 1.29 is 35.3 Å². The average molecular weight is 476 g/mol. The summed E-state index contributed by atoms with van der Waals surface area (Å²) < 4.78 is 0. The first-order chi connectivity index (χ1) is 15.2. The van der Waals surface area contributed by atoms with Crippen LogP contribution in [0.4, 0.5) is 0 Å². The number of nitrogens with two attached hydrogens (primary N) is 1. The molecule has 2 aromatic heterocycles. The summed E-state index contributed by atoms with van der Waals surface area (Å²) in [6.45, 7) is 2.45. The summed E-state index contributed by atoms with van der Waals surface area (Å²) in [5.41, 5.74) is 1.67. The van der Waals surface area contributed by atoms with Crippen molar-refractivity contribution in [1.29, 1.82) is 0 Å². The largest absolute Gasteiger partial charge is 0.545 e. The number of thiophene rings is 2. The van der Waals surface area contributed by atoms with Crippen molar-refractivity contribution in [1.82, 2.24) is 0 Å². The molecule has 170 valence electrons. The van der Waals surface area contributed by atoms with Crippen LogP contribution in [0, 0.1) is 0 Å². The molecule has 2 heterocycles. The lowest BCUT2D eigenvalue weighted by atomic mass is 9.89. The zero-order valence-electron chi connectivity index (χ0n) is 17.3. The van der Waals surface area contributed by atoms with Gasteiger partial charge in [-0.25, -0.2) is 4.79 Å². The molecular weight excluding hydrogens is 450 g/mol. The molecule has 32 heavy (non-hydrogen) atoms. The Kier molecular flexibility index (Phi) is 9.76. The van der Waals surface area contributed by atoms with Crippen LogP contribution in [0.15, 0.2) is 76.1 Å². The first-order valence-corrected chi connectivity index (χ1v) is 11.6. The zero-order valence-corrected chi connectivity index (χ0v) is 19.0. The highest BCUT2D eigenvalue weighted by Crippen LogP contribution is 2.31. The van der Waals surface area contributed by atoms with Crippen molar-refractivity contribution in [3.8, 4) is 0 Å². The molecule has 3 aromatic rings. The minimum Gasteiger partial charge on any atom is -0.545 e. The van der Waals surface area contributed by atoms with Crippen LogP contribution in [0.25, 0.3) is 0 Å². The maximum Gasteiger partial charge on any atom is 0.328 e. The number of aliphatic hydroxyl groups is 2. The van der Waals surface area contributed by atoms with Crippen LogP contribution < -0.4 is 10.4 Å². The summed E-state index contributed by atoms with van der Waals surface area (Å²) in [5.74, 6) is -2.80. The lowest BCUT2D eigenvalue weighted by Crippen LogP contribution is -2.93. The van der Waals surface area contributed by atoms with Crippen molar-refractivity contribution in [2.45, 2.75) is 24.7 Å². The second kappa shape index (κ2) is 12.3. The van der Waals surface area contributed by atoms with Crippen molar-refractivity contribution >= 4 is 34.6 Å². The molecule has 2 unspecified atom stereocenters. The SMILES string of the molecule is CC([NH2+]CC(O)(c1ccsc1)c1ccsc1)C(O)c1ccccc1.O=C([O-])/C=C/C(=O)O. The predicted octanol–water partition coefficient (Wildman–Crippen LogP) is 1.11. The fourth-order valence-corrected chi connectivity index (χ4v) is 4.43. The topological polar surface area (TPSA) is 134 Å². The van der Waals surface area contributed by atoms with Gasteiger partial charge in [0.2, 0.25) is 0 Å². The maximum absolute atomic E-state index is 11.3. The van der Waals surface area contributed by atoms with E-state index in [1.807, 2.05) is 76.2 Å². The molecule has 0 saturated heterocycles. The van der Waals surface area contributed by atoms with Crippen LogP contribution in [-0.2, 0) is 15.2 Å². The fourth-order valence-electron chi connectivity index (χ4n) is 2.98. The molecule has 0 amide bonds. The molecule has 7 nitrogen and oxygen atoms in total. The number of carbonyl (C=O) groups is 2. The van der Waals surface area contributed by atoms with E-state index < -0.39 is 23.6 Å². The minimum absolute atomic E-state index is 0.0591. The second-order valence-corrected chi connectivity index (χ2v) is 8.59. The van der Waals surface area contributed by atoms with Gasteiger partial charge in [0.05, 0.1) is 5.97 Å². The number of rotatable bonds is 9. The van der Waals surface area contributed by atoms with E-state index >= 15 is 0 Å². The molecule has 2 atom stereocenters. The fraction of sp³-hybridized carbons (Fsp3) is 0.217. The molecule has 0 aliphatic carbocycles. The van der Waals surface area contributed by atoms with Crippen LogP contribution in [0.2, 0.25) is 0 Å². The van der Waals surface area contributed by atoms with Crippen LogP contribution in [-0.4, -0.2) is 39.8 Å². The third-order valence-electron chi connectivity index (χ3n) is 4.78. The van der Waals surface area contributed by atoms with E-state index in [4.69, 9.17) is 5.11 Å². The lowest BCUT2D eigenvalue weighted by molar-refractivity contribution is -0.705. The third kappa shape index (κ3) is 7.40. The molecule has 0 saturated carbocycles. The Bertz CT molecular complexity index is 937. The predicted molar refractivity (Wildman–Crippen MR) is 121 cm³/mol. The van der Waals surface area contributed by atoms with Gasteiger partial charge >= 0.3 is 5.97 Å². The van der Waals surface area contributed by atoms with Crippen molar-refractivity contribution in [3.63, 3.8) is 0 Å². The number of aliphatic hydroxyl groups excluding tert-OH is 1. The van der Waals surface area contributed by atoms with Gasteiger partial charge in [0.1, 0.15) is 18.7 Å².